The van der Waals surface area contributed by atoms with E-state index in [4.69, 9.17) is 4.74 Å². The van der Waals surface area contributed by atoms with Crippen molar-refractivity contribution < 1.29 is 9.53 Å². The molecule has 1 atom stereocenters. The molecule has 0 unspecified atom stereocenters. The van der Waals surface area contributed by atoms with Crippen LogP contribution in [0.3, 0.4) is 0 Å². The van der Waals surface area contributed by atoms with E-state index in [0.29, 0.717) is 13.2 Å². The molecular formula is C18H17N3O2S. The Kier molecular flexibility index (Phi) is 4.13. The largest absolute Gasteiger partial charge is 0.493 e. The summed E-state index contributed by atoms with van der Waals surface area (Å²) in [7, 11) is 0. The number of benzene rings is 2. The molecule has 1 aliphatic rings. The lowest BCUT2D eigenvalue weighted by Crippen LogP contribution is -2.31. The maximum atomic E-state index is 12.6. The molecule has 4 rings (SSSR count). The average molecular weight is 339 g/mol. The van der Waals surface area contributed by atoms with Gasteiger partial charge in [0.05, 0.1) is 18.3 Å². The molecule has 1 N–H and O–H groups in total. The van der Waals surface area contributed by atoms with Crippen molar-refractivity contribution in [1.82, 2.24) is 14.1 Å². The number of nitrogens with one attached hydrogen (secondary N) is 1. The molecule has 0 saturated heterocycles. The normalized spacial score (nSPS) is 16.9. The molecule has 2 aromatic carbocycles. The molecule has 0 aliphatic carbocycles. The van der Waals surface area contributed by atoms with Crippen LogP contribution in [-0.4, -0.2) is 21.3 Å². The second-order valence-corrected chi connectivity index (χ2v) is 6.48. The fraction of sp³-hybridized carbons (Fsp3) is 0.278. The Morgan fingerprint density at radius 3 is 3.04 bits per heavy atom. The summed E-state index contributed by atoms with van der Waals surface area (Å²) in [5.74, 6) is 0.916. The number of nitrogens with zero attached hydrogens (tertiary/aromatic N) is 2. The van der Waals surface area contributed by atoms with Crippen LogP contribution >= 0.6 is 11.7 Å². The number of hydrogen-bond acceptors (Lipinski definition) is 5. The Bertz CT molecular complexity index is 877. The van der Waals surface area contributed by atoms with Crippen molar-refractivity contribution in [3.8, 4) is 5.75 Å². The van der Waals surface area contributed by atoms with Gasteiger partial charge in [0.2, 0.25) is 5.91 Å². The highest BCUT2D eigenvalue weighted by molar-refractivity contribution is 7.00. The molecule has 1 aromatic heterocycles. The van der Waals surface area contributed by atoms with Gasteiger partial charge >= 0.3 is 0 Å². The molecule has 0 radical (unpaired) electrons. The van der Waals surface area contributed by atoms with E-state index in [-0.39, 0.29) is 11.8 Å². The highest BCUT2D eigenvalue weighted by Gasteiger charge is 2.23. The van der Waals surface area contributed by atoms with Crippen molar-refractivity contribution in [1.29, 1.82) is 0 Å². The lowest BCUT2D eigenvalue weighted by atomic mass is 9.96. The minimum absolute atomic E-state index is 0.0571. The minimum atomic E-state index is -0.0571. The van der Waals surface area contributed by atoms with Crippen LogP contribution in [-0.2, 0) is 17.8 Å². The molecule has 3 aromatic rings. The van der Waals surface area contributed by atoms with Crippen LogP contribution in [0.1, 0.15) is 17.5 Å². The Hall–Kier alpha value is -2.47. The maximum Gasteiger partial charge on any atom is 0.223 e. The van der Waals surface area contributed by atoms with Gasteiger partial charge in [0.25, 0.3) is 0 Å². The number of ether oxygens (including phenoxy) is 1. The van der Waals surface area contributed by atoms with E-state index >= 15 is 0 Å². The van der Waals surface area contributed by atoms with E-state index in [1.807, 2.05) is 42.5 Å². The number of carbonyl (C=O) groups excluding carboxylic acids is 1. The first-order valence-corrected chi connectivity index (χ1v) is 8.72. The molecule has 5 nitrogen and oxygen atoms in total. The van der Waals surface area contributed by atoms with Gasteiger partial charge in [-0.2, -0.15) is 8.75 Å². The third-order valence-electron chi connectivity index (χ3n) is 4.32. The van der Waals surface area contributed by atoms with Crippen molar-refractivity contribution in [3.63, 3.8) is 0 Å². The van der Waals surface area contributed by atoms with Crippen LogP contribution < -0.4 is 10.1 Å². The summed E-state index contributed by atoms with van der Waals surface area (Å²) in [5.41, 5.74) is 3.91. The Balaban J connectivity index is 1.42. The zero-order chi connectivity index (χ0) is 16.4. The number of carbonyl (C=O) groups is 1. The molecule has 24 heavy (non-hydrogen) atoms. The standard InChI is InChI=1S/C18H17N3O2S/c22-18(14-7-8-23-17-4-2-1-3-13(17)10-14)19-11-12-5-6-15-16(9-12)21-24-20-15/h1-6,9,14H,7-8,10-11H2,(H,19,22)/t14-/m1/s1. The van der Waals surface area contributed by atoms with Gasteiger partial charge in [-0.1, -0.05) is 24.3 Å². The van der Waals surface area contributed by atoms with Crippen LogP contribution in [0.5, 0.6) is 5.75 Å². The summed E-state index contributed by atoms with van der Waals surface area (Å²) in [6, 6.07) is 13.8. The zero-order valence-electron chi connectivity index (χ0n) is 13.1. The van der Waals surface area contributed by atoms with Crippen LogP contribution in [0.15, 0.2) is 42.5 Å². The Labute approximate surface area is 144 Å². The fourth-order valence-electron chi connectivity index (χ4n) is 2.99. The van der Waals surface area contributed by atoms with Crippen LogP contribution in [0.2, 0.25) is 0 Å². The fourth-order valence-corrected chi connectivity index (χ4v) is 3.50. The van der Waals surface area contributed by atoms with E-state index in [2.05, 4.69) is 14.1 Å². The summed E-state index contributed by atoms with van der Waals surface area (Å²) >= 11 is 1.20. The van der Waals surface area contributed by atoms with Crippen LogP contribution in [0, 0.1) is 5.92 Å². The summed E-state index contributed by atoms with van der Waals surface area (Å²) in [5, 5.41) is 3.04. The molecule has 1 amide bonds. The first kappa shape index (κ1) is 15.1. The third kappa shape index (κ3) is 3.10. The maximum absolute atomic E-state index is 12.6. The van der Waals surface area contributed by atoms with Gasteiger partial charge in [-0.3, -0.25) is 4.79 Å². The topological polar surface area (TPSA) is 64.1 Å². The molecule has 0 spiro atoms. The number of para-hydroxylation sites is 1. The van der Waals surface area contributed by atoms with Crippen molar-refractivity contribution in [2.24, 2.45) is 5.92 Å². The van der Waals surface area contributed by atoms with Crippen LogP contribution in [0.4, 0.5) is 0 Å². The number of amides is 1. The zero-order valence-corrected chi connectivity index (χ0v) is 13.9. The summed E-state index contributed by atoms with van der Waals surface area (Å²) in [6.45, 7) is 1.08. The van der Waals surface area contributed by atoms with Gasteiger partial charge in [-0.05, 0) is 42.2 Å². The first-order valence-electron chi connectivity index (χ1n) is 7.99. The van der Waals surface area contributed by atoms with Crippen molar-refractivity contribution >= 4 is 28.7 Å². The number of hydrogen-bond donors (Lipinski definition) is 1. The molecule has 0 saturated carbocycles. The monoisotopic (exact) mass is 339 g/mol. The lowest BCUT2D eigenvalue weighted by molar-refractivity contribution is -0.125. The predicted molar refractivity (Wildman–Crippen MR) is 93.0 cm³/mol. The summed E-state index contributed by atoms with van der Waals surface area (Å²) in [4.78, 5) is 12.6. The lowest BCUT2D eigenvalue weighted by Gasteiger charge is -2.14. The first-order chi connectivity index (χ1) is 11.8. The van der Waals surface area contributed by atoms with E-state index in [0.717, 1.165) is 40.8 Å². The van der Waals surface area contributed by atoms with Gasteiger partial charge < -0.3 is 10.1 Å². The molecule has 0 fully saturated rings. The van der Waals surface area contributed by atoms with Crippen molar-refractivity contribution in [3.05, 3.63) is 53.6 Å². The quantitative estimate of drug-likeness (QED) is 0.797. The highest BCUT2D eigenvalue weighted by atomic mass is 32.1. The molecular weight excluding hydrogens is 322 g/mol. The predicted octanol–water partition coefficient (Wildman–Crippen LogP) is 2.95. The second-order valence-electron chi connectivity index (χ2n) is 5.95. The number of rotatable bonds is 3. The smallest absolute Gasteiger partial charge is 0.223 e. The average Bonchev–Trinajstić information content (AvgIpc) is 2.96. The van der Waals surface area contributed by atoms with Gasteiger partial charge in [-0.15, -0.1) is 0 Å². The van der Waals surface area contributed by atoms with Crippen molar-refractivity contribution in [2.75, 3.05) is 6.61 Å². The van der Waals surface area contributed by atoms with Gasteiger partial charge in [-0.25, -0.2) is 0 Å². The number of fused-ring (bicyclic) bond motifs is 2. The van der Waals surface area contributed by atoms with Crippen molar-refractivity contribution in [2.45, 2.75) is 19.4 Å². The molecule has 6 heteroatoms. The van der Waals surface area contributed by atoms with E-state index in [9.17, 15) is 4.79 Å². The van der Waals surface area contributed by atoms with Gasteiger partial charge in [0.1, 0.15) is 16.8 Å². The molecule has 122 valence electrons. The van der Waals surface area contributed by atoms with E-state index in [1.54, 1.807) is 0 Å². The SMILES string of the molecule is O=C(NCc1ccc2nsnc2c1)[C@@H]1CCOc2ccccc2C1. The van der Waals surface area contributed by atoms with Crippen LogP contribution in [0.25, 0.3) is 11.0 Å². The number of aromatic nitrogens is 2. The highest BCUT2D eigenvalue weighted by Crippen LogP contribution is 2.26. The molecule has 1 aliphatic heterocycles. The molecule has 2 heterocycles. The summed E-state index contributed by atoms with van der Waals surface area (Å²) < 4.78 is 14.2. The van der Waals surface area contributed by atoms with Gasteiger partial charge in [0, 0.05) is 12.5 Å². The Morgan fingerprint density at radius 1 is 1.21 bits per heavy atom. The summed E-state index contributed by atoms with van der Waals surface area (Å²) in [6.07, 6.45) is 1.45. The van der Waals surface area contributed by atoms with E-state index in [1.165, 1.54) is 11.7 Å². The molecule has 0 bridgehead atoms. The minimum Gasteiger partial charge on any atom is -0.493 e. The third-order valence-corrected chi connectivity index (χ3v) is 4.88. The second kappa shape index (κ2) is 6.57. The Morgan fingerprint density at radius 2 is 2.08 bits per heavy atom. The van der Waals surface area contributed by atoms with E-state index < -0.39 is 0 Å². The van der Waals surface area contributed by atoms with Gasteiger partial charge in [0.15, 0.2) is 0 Å².